The molecule has 0 unspecified atom stereocenters. The smallest absolute Gasteiger partial charge is 0.335 e. The number of carboxylic acid groups (broad SMARTS) is 1. The van der Waals surface area contributed by atoms with Crippen LogP contribution in [0.3, 0.4) is 0 Å². The van der Waals surface area contributed by atoms with E-state index in [1.807, 2.05) is 13.2 Å². The number of amides is 1. The zero-order chi connectivity index (χ0) is 16.1. The molecule has 0 atom stereocenters. The highest BCUT2D eigenvalue weighted by Gasteiger charge is 2.13. The molecule has 22 heavy (non-hydrogen) atoms. The number of benzene rings is 1. The van der Waals surface area contributed by atoms with Gasteiger partial charge in [-0.1, -0.05) is 18.2 Å². The van der Waals surface area contributed by atoms with Crippen LogP contribution in [0.4, 0.5) is 0 Å². The lowest BCUT2D eigenvalue weighted by Crippen LogP contribution is -2.26. The number of aryl methyl sites for hydroxylation is 2. The average Bonchev–Trinajstić information content (AvgIpc) is 2.90. The van der Waals surface area contributed by atoms with Gasteiger partial charge < -0.3 is 10.0 Å². The van der Waals surface area contributed by atoms with E-state index in [1.165, 1.54) is 0 Å². The summed E-state index contributed by atoms with van der Waals surface area (Å²) in [5, 5.41) is 13.2. The third-order valence-electron chi connectivity index (χ3n) is 3.46. The Morgan fingerprint density at radius 2 is 2.05 bits per heavy atom. The van der Waals surface area contributed by atoms with E-state index in [1.54, 1.807) is 47.1 Å². The molecule has 1 heterocycles. The van der Waals surface area contributed by atoms with Crippen molar-refractivity contribution < 1.29 is 14.7 Å². The van der Waals surface area contributed by atoms with E-state index in [9.17, 15) is 9.59 Å². The first-order valence-electron chi connectivity index (χ1n) is 7.00. The second kappa shape index (κ2) is 6.89. The molecule has 1 amide bonds. The highest BCUT2D eigenvalue weighted by atomic mass is 16.4. The average molecular weight is 301 g/mol. The molecule has 0 aliphatic heterocycles. The van der Waals surface area contributed by atoms with Gasteiger partial charge in [0.15, 0.2) is 0 Å². The summed E-state index contributed by atoms with van der Waals surface area (Å²) in [6.07, 6.45) is 4.28. The Morgan fingerprint density at radius 3 is 2.68 bits per heavy atom. The number of hydrogen-bond acceptors (Lipinski definition) is 3. The SMILES string of the molecule is CN(Cc1cnn(C)c1)C(=O)CCc1ccccc1C(=O)O. The summed E-state index contributed by atoms with van der Waals surface area (Å²) in [4.78, 5) is 24.9. The summed E-state index contributed by atoms with van der Waals surface area (Å²) in [6.45, 7) is 0.493. The second-order valence-electron chi connectivity index (χ2n) is 5.23. The maximum atomic E-state index is 12.2. The van der Waals surface area contributed by atoms with Crippen LogP contribution in [0.2, 0.25) is 0 Å². The third-order valence-corrected chi connectivity index (χ3v) is 3.46. The third kappa shape index (κ3) is 3.94. The van der Waals surface area contributed by atoms with E-state index in [4.69, 9.17) is 5.11 Å². The van der Waals surface area contributed by atoms with E-state index in [-0.39, 0.29) is 17.9 Å². The molecular weight excluding hydrogens is 282 g/mol. The number of hydrogen-bond donors (Lipinski definition) is 1. The molecular formula is C16H19N3O3. The number of carbonyl (C=O) groups excluding carboxylic acids is 1. The Bertz CT molecular complexity index is 679. The van der Waals surface area contributed by atoms with Crippen molar-refractivity contribution in [1.29, 1.82) is 0 Å². The van der Waals surface area contributed by atoms with Gasteiger partial charge in [0.2, 0.25) is 5.91 Å². The van der Waals surface area contributed by atoms with Crippen LogP contribution in [0.15, 0.2) is 36.7 Å². The number of rotatable bonds is 6. The highest BCUT2D eigenvalue weighted by Crippen LogP contribution is 2.12. The van der Waals surface area contributed by atoms with E-state index >= 15 is 0 Å². The van der Waals surface area contributed by atoms with E-state index in [0.29, 0.717) is 18.5 Å². The lowest BCUT2D eigenvalue weighted by molar-refractivity contribution is -0.130. The molecule has 1 aromatic carbocycles. The van der Waals surface area contributed by atoms with Crippen LogP contribution in [-0.2, 0) is 24.8 Å². The van der Waals surface area contributed by atoms with Crippen molar-refractivity contribution >= 4 is 11.9 Å². The molecule has 2 aromatic rings. The van der Waals surface area contributed by atoms with Crippen LogP contribution in [0.25, 0.3) is 0 Å². The zero-order valence-electron chi connectivity index (χ0n) is 12.7. The van der Waals surface area contributed by atoms with Crippen LogP contribution in [0.5, 0.6) is 0 Å². The van der Waals surface area contributed by atoms with Gasteiger partial charge in [0, 0.05) is 38.8 Å². The highest BCUT2D eigenvalue weighted by molar-refractivity contribution is 5.89. The molecule has 0 spiro atoms. The van der Waals surface area contributed by atoms with Gasteiger partial charge in [0.1, 0.15) is 0 Å². The van der Waals surface area contributed by atoms with E-state index < -0.39 is 5.97 Å². The van der Waals surface area contributed by atoms with Gasteiger partial charge in [0.25, 0.3) is 0 Å². The fourth-order valence-electron chi connectivity index (χ4n) is 2.29. The molecule has 6 nitrogen and oxygen atoms in total. The minimum absolute atomic E-state index is 0.0240. The molecule has 6 heteroatoms. The first-order valence-corrected chi connectivity index (χ1v) is 7.00. The molecule has 0 radical (unpaired) electrons. The summed E-state index contributed by atoms with van der Waals surface area (Å²) in [6, 6.07) is 6.77. The first kappa shape index (κ1) is 15.8. The normalized spacial score (nSPS) is 10.5. The van der Waals surface area contributed by atoms with Crippen molar-refractivity contribution in [2.24, 2.45) is 7.05 Å². The standard InChI is InChI=1S/C16H19N3O3/c1-18(10-12-9-17-19(2)11-12)15(20)8-7-13-5-3-4-6-14(13)16(21)22/h3-6,9,11H,7-8,10H2,1-2H3,(H,21,22). The lowest BCUT2D eigenvalue weighted by atomic mass is 10.0. The van der Waals surface area contributed by atoms with Gasteiger partial charge in [0.05, 0.1) is 11.8 Å². The molecule has 1 N–H and O–H groups in total. The minimum Gasteiger partial charge on any atom is -0.478 e. The van der Waals surface area contributed by atoms with Crippen LogP contribution in [0.1, 0.15) is 27.9 Å². The summed E-state index contributed by atoms with van der Waals surface area (Å²) < 4.78 is 1.69. The fourth-order valence-corrected chi connectivity index (χ4v) is 2.29. The van der Waals surface area contributed by atoms with Crippen LogP contribution >= 0.6 is 0 Å². The van der Waals surface area contributed by atoms with E-state index in [0.717, 1.165) is 5.56 Å². The number of carboxylic acids is 1. The minimum atomic E-state index is -0.966. The molecule has 0 fully saturated rings. The van der Waals surface area contributed by atoms with Crippen LogP contribution < -0.4 is 0 Å². The number of aromatic nitrogens is 2. The van der Waals surface area contributed by atoms with Crippen molar-refractivity contribution in [1.82, 2.24) is 14.7 Å². The number of aromatic carboxylic acids is 1. The predicted molar refractivity (Wildman–Crippen MR) is 81.4 cm³/mol. The van der Waals surface area contributed by atoms with Gasteiger partial charge >= 0.3 is 5.97 Å². The molecule has 2 rings (SSSR count). The van der Waals surface area contributed by atoms with Gasteiger partial charge in [-0.15, -0.1) is 0 Å². The predicted octanol–water partition coefficient (Wildman–Crippen LogP) is 1.71. The van der Waals surface area contributed by atoms with Crippen LogP contribution in [0, 0.1) is 0 Å². The summed E-state index contributed by atoms with van der Waals surface area (Å²) in [5.74, 6) is -0.990. The Labute approximate surface area is 129 Å². The molecule has 0 saturated carbocycles. The summed E-state index contributed by atoms with van der Waals surface area (Å²) in [7, 11) is 3.56. The van der Waals surface area contributed by atoms with Gasteiger partial charge in [-0.3, -0.25) is 9.48 Å². The fraction of sp³-hybridized carbons (Fsp3) is 0.312. The maximum absolute atomic E-state index is 12.2. The van der Waals surface area contributed by atoms with Crippen LogP contribution in [-0.4, -0.2) is 38.7 Å². The van der Waals surface area contributed by atoms with Crippen molar-refractivity contribution in [2.75, 3.05) is 7.05 Å². The Kier molecular flexibility index (Phi) is 4.93. The molecule has 0 aliphatic carbocycles. The quantitative estimate of drug-likeness (QED) is 0.881. The van der Waals surface area contributed by atoms with E-state index in [2.05, 4.69) is 5.10 Å². The Morgan fingerprint density at radius 1 is 1.32 bits per heavy atom. The molecule has 1 aromatic heterocycles. The van der Waals surface area contributed by atoms with Crippen molar-refractivity contribution in [2.45, 2.75) is 19.4 Å². The van der Waals surface area contributed by atoms with Gasteiger partial charge in [-0.25, -0.2) is 4.79 Å². The number of carbonyl (C=O) groups is 2. The number of nitrogens with zero attached hydrogens (tertiary/aromatic N) is 3. The molecule has 0 bridgehead atoms. The lowest BCUT2D eigenvalue weighted by Gasteiger charge is -2.16. The summed E-state index contributed by atoms with van der Waals surface area (Å²) in [5.41, 5.74) is 1.90. The van der Waals surface area contributed by atoms with Gasteiger partial charge in [-0.2, -0.15) is 5.10 Å². The topological polar surface area (TPSA) is 75.4 Å². The second-order valence-corrected chi connectivity index (χ2v) is 5.23. The monoisotopic (exact) mass is 301 g/mol. The summed E-state index contributed by atoms with van der Waals surface area (Å²) >= 11 is 0. The Balaban J connectivity index is 1.93. The largest absolute Gasteiger partial charge is 0.478 e. The Hall–Kier alpha value is -2.63. The van der Waals surface area contributed by atoms with Crippen molar-refractivity contribution in [3.05, 3.63) is 53.3 Å². The maximum Gasteiger partial charge on any atom is 0.335 e. The molecule has 0 aliphatic rings. The zero-order valence-corrected chi connectivity index (χ0v) is 12.7. The van der Waals surface area contributed by atoms with Gasteiger partial charge in [-0.05, 0) is 18.1 Å². The van der Waals surface area contributed by atoms with Crippen molar-refractivity contribution in [3.8, 4) is 0 Å². The van der Waals surface area contributed by atoms with Crippen molar-refractivity contribution in [3.63, 3.8) is 0 Å². The molecule has 0 saturated heterocycles. The molecule has 116 valence electrons. The first-order chi connectivity index (χ1) is 10.5.